The van der Waals surface area contributed by atoms with E-state index in [2.05, 4.69) is 37.4 Å². The Bertz CT molecular complexity index is 1060. The molecule has 0 saturated heterocycles. The second-order valence-corrected chi connectivity index (χ2v) is 8.21. The normalized spacial score (nSPS) is 11.2. The van der Waals surface area contributed by atoms with Gasteiger partial charge in [0.1, 0.15) is 0 Å². The van der Waals surface area contributed by atoms with Gasteiger partial charge < -0.3 is 5.32 Å². The van der Waals surface area contributed by atoms with Crippen molar-refractivity contribution in [1.82, 2.24) is 14.7 Å². The molecule has 0 radical (unpaired) electrons. The van der Waals surface area contributed by atoms with Gasteiger partial charge in [0.15, 0.2) is 4.96 Å². The van der Waals surface area contributed by atoms with Crippen molar-refractivity contribution in [3.05, 3.63) is 69.0 Å². The maximum atomic E-state index is 12.3. The Kier molecular flexibility index (Phi) is 4.61. The molecule has 0 aliphatic rings. The molecule has 4 nitrogen and oxygen atoms in total. The number of imidazole rings is 1. The minimum absolute atomic E-state index is 0.0273. The predicted molar refractivity (Wildman–Crippen MR) is 108 cm³/mol. The molecule has 132 valence electrons. The van der Waals surface area contributed by atoms with Gasteiger partial charge in [-0.25, -0.2) is 4.98 Å². The summed E-state index contributed by atoms with van der Waals surface area (Å²) in [6.45, 7) is 4.81. The zero-order valence-electron chi connectivity index (χ0n) is 14.7. The van der Waals surface area contributed by atoms with E-state index in [4.69, 9.17) is 4.98 Å². The van der Waals surface area contributed by atoms with Crippen LogP contribution >= 0.6 is 22.7 Å². The summed E-state index contributed by atoms with van der Waals surface area (Å²) < 4.78 is 2.03. The lowest BCUT2D eigenvalue weighted by atomic mass is 10.1. The van der Waals surface area contributed by atoms with Gasteiger partial charge in [0, 0.05) is 27.7 Å². The van der Waals surface area contributed by atoms with E-state index in [0.29, 0.717) is 13.0 Å². The van der Waals surface area contributed by atoms with Crippen molar-refractivity contribution < 1.29 is 4.79 Å². The second-order valence-electron chi connectivity index (χ2n) is 6.34. The van der Waals surface area contributed by atoms with Gasteiger partial charge >= 0.3 is 0 Å². The third-order valence-corrected chi connectivity index (χ3v) is 6.23. The number of nitrogens with one attached hydrogen (secondary N) is 1. The Morgan fingerprint density at radius 3 is 2.85 bits per heavy atom. The van der Waals surface area contributed by atoms with Crippen molar-refractivity contribution in [2.45, 2.75) is 26.8 Å². The van der Waals surface area contributed by atoms with Crippen LogP contribution in [0, 0.1) is 13.8 Å². The van der Waals surface area contributed by atoms with E-state index < -0.39 is 0 Å². The first kappa shape index (κ1) is 17.0. The van der Waals surface area contributed by atoms with Crippen LogP contribution in [0.25, 0.3) is 16.2 Å². The fourth-order valence-electron chi connectivity index (χ4n) is 2.82. The molecule has 3 aromatic heterocycles. The quantitative estimate of drug-likeness (QED) is 0.549. The Morgan fingerprint density at radius 1 is 1.19 bits per heavy atom. The maximum absolute atomic E-state index is 12.3. The average molecular weight is 382 g/mol. The summed E-state index contributed by atoms with van der Waals surface area (Å²) in [5, 5.41) is 7.01. The van der Waals surface area contributed by atoms with Crippen LogP contribution in [0.15, 0.2) is 47.3 Å². The van der Waals surface area contributed by atoms with Gasteiger partial charge in [-0.05, 0) is 42.5 Å². The molecule has 0 aliphatic carbocycles. The number of hydrogen-bond donors (Lipinski definition) is 1. The minimum atomic E-state index is 0.0273. The number of nitrogens with zero attached hydrogens (tertiary/aromatic N) is 2. The van der Waals surface area contributed by atoms with Gasteiger partial charge in [-0.1, -0.05) is 18.2 Å². The molecule has 1 amide bonds. The van der Waals surface area contributed by atoms with E-state index in [-0.39, 0.29) is 5.91 Å². The molecule has 4 aromatic rings. The standard InChI is InChI=1S/C20H19N3OS2/c1-13-5-6-15(8-14(13)2)18-11-23-16(12-26-20(23)22-18)9-19(24)21-10-17-4-3-7-25-17/h3-8,11-12H,9-10H2,1-2H3,(H,21,24). The molecular weight excluding hydrogens is 362 g/mol. The van der Waals surface area contributed by atoms with E-state index in [1.54, 1.807) is 22.7 Å². The largest absolute Gasteiger partial charge is 0.351 e. The molecule has 0 spiro atoms. The van der Waals surface area contributed by atoms with Gasteiger partial charge in [0.05, 0.1) is 18.7 Å². The SMILES string of the molecule is Cc1ccc(-c2cn3c(CC(=O)NCc4cccs4)csc3n2)cc1C. The van der Waals surface area contributed by atoms with Crippen LogP contribution in [0.1, 0.15) is 21.7 Å². The smallest absolute Gasteiger partial charge is 0.226 e. The summed E-state index contributed by atoms with van der Waals surface area (Å²) in [6.07, 6.45) is 2.38. The number of carbonyl (C=O) groups excluding carboxylic acids is 1. The molecule has 4 rings (SSSR count). The highest BCUT2D eigenvalue weighted by Crippen LogP contribution is 2.25. The van der Waals surface area contributed by atoms with Gasteiger partial charge in [0.2, 0.25) is 5.91 Å². The van der Waals surface area contributed by atoms with E-state index in [0.717, 1.165) is 26.8 Å². The number of thiazole rings is 1. The average Bonchev–Trinajstić information content (AvgIpc) is 3.34. The molecule has 1 aromatic carbocycles. The van der Waals surface area contributed by atoms with Crippen LogP contribution in [-0.2, 0) is 17.8 Å². The number of benzene rings is 1. The van der Waals surface area contributed by atoms with Gasteiger partial charge in [-0.15, -0.1) is 22.7 Å². The van der Waals surface area contributed by atoms with Crippen molar-refractivity contribution in [3.63, 3.8) is 0 Å². The molecule has 0 bridgehead atoms. The minimum Gasteiger partial charge on any atom is -0.351 e. The number of amides is 1. The molecule has 0 saturated carbocycles. The van der Waals surface area contributed by atoms with Crippen molar-refractivity contribution in [3.8, 4) is 11.3 Å². The van der Waals surface area contributed by atoms with Gasteiger partial charge in [-0.2, -0.15) is 0 Å². The molecule has 0 unspecified atom stereocenters. The number of carbonyl (C=O) groups is 1. The first-order valence-electron chi connectivity index (χ1n) is 8.42. The summed E-state index contributed by atoms with van der Waals surface area (Å²) >= 11 is 3.22. The van der Waals surface area contributed by atoms with E-state index >= 15 is 0 Å². The molecule has 3 heterocycles. The van der Waals surface area contributed by atoms with Crippen molar-refractivity contribution in [1.29, 1.82) is 0 Å². The molecule has 0 fully saturated rings. The molecular formula is C20H19N3OS2. The molecule has 6 heteroatoms. The molecule has 0 aliphatic heterocycles. The topological polar surface area (TPSA) is 46.4 Å². The first-order chi connectivity index (χ1) is 12.6. The zero-order valence-corrected chi connectivity index (χ0v) is 16.3. The second kappa shape index (κ2) is 7.05. The fourth-order valence-corrected chi connectivity index (χ4v) is 4.34. The van der Waals surface area contributed by atoms with Crippen LogP contribution in [-0.4, -0.2) is 15.3 Å². The molecule has 1 N–H and O–H groups in total. The van der Waals surface area contributed by atoms with Gasteiger partial charge in [-0.3, -0.25) is 9.20 Å². The Labute approximate surface area is 160 Å². The fraction of sp³-hybridized carbons (Fsp3) is 0.200. The summed E-state index contributed by atoms with van der Waals surface area (Å²) in [7, 11) is 0. The summed E-state index contributed by atoms with van der Waals surface area (Å²) in [5.41, 5.74) is 5.55. The van der Waals surface area contributed by atoms with Crippen LogP contribution < -0.4 is 5.32 Å². The highest BCUT2D eigenvalue weighted by Gasteiger charge is 2.13. The summed E-state index contributed by atoms with van der Waals surface area (Å²) in [6, 6.07) is 10.4. The lowest BCUT2D eigenvalue weighted by Gasteiger charge is -2.03. The third kappa shape index (κ3) is 3.43. The zero-order chi connectivity index (χ0) is 18.1. The Balaban J connectivity index is 1.52. The Morgan fingerprint density at radius 2 is 2.08 bits per heavy atom. The summed E-state index contributed by atoms with van der Waals surface area (Å²) in [4.78, 5) is 19.1. The first-order valence-corrected chi connectivity index (χ1v) is 10.2. The maximum Gasteiger partial charge on any atom is 0.226 e. The van der Waals surface area contributed by atoms with Crippen molar-refractivity contribution in [2.75, 3.05) is 0 Å². The van der Waals surface area contributed by atoms with Gasteiger partial charge in [0.25, 0.3) is 0 Å². The lowest BCUT2D eigenvalue weighted by molar-refractivity contribution is -0.120. The number of fused-ring (bicyclic) bond motifs is 1. The highest BCUT2D eigenvalue weighted by atomic mass is 32.1. The van der Waals surface area contributed by atoms with Crippen LogP contribution in [0.3, 0.4) is 0 Å². The van der Waals surface area contributed by atoms with Crippen LogP contribution in [0.2, 0.25) is 0 Å². The Hall–Kier alpha value is -2.44. The monoisotopic (exact) mass is 381 g/mol. The summed E-state index contributed by atoms with van der Waals surface area (Å²) in [5.74, 6) is 0.0273. The third-order valence-electron chi connectivity index (χ3n) is 4.47. The number of aromatic nitrogens is 2. The van der Waals surface area contributed by atoms with E-state index in [1.807, 2.05) is 33.5 Å². The van der Waals surface area contributed by atoms with Crippen LogP contribution in [0.5, 0.6) is 0 Å². The number of hydrogen-bond acceptors (Lipinski definition) is 4. The number of aryl methyl sites for hydroxylation is 2. The van der Waals surface area contributed by atoms with Crippen molar-refractivity contribution in [2.24, 2.45) is 0 Å². The van der Waals surface area contributed by atoms with Crippen LogP contribution in [0.4, 0.5) is 0 Å². The predicted octanol–water partition coefficient (Wildman–Crippen LogP) is 4.60. The molecule has 26 heavy (non-hydrogen) atoms. The lowest BCUT2D eigenvalue weighted by Crippen LogP contribution is -2.24. The highest BCUT2D eigenvalue weighted by molar-refractivity contribution is 7.15. The van der Waals surface area contributed by atoms with E-state index in [1.165, 1.54) is 11.1 Å². The number of thiophene rings is 1. The van der Waals surface area contributed by atoms with Crippen molar-refractivity contribution >= 4 is 33.5 Å². The number of rotatable bonds is 5. The van der Waals surface area contributed by atoms with E-state index in [9.17, 15) is 4.79 Å². The molecule has 0 atom stereocenters.